The fraction of sp³-hybridized carbons (Fsp3) is 0.769. The van der Waals surface area contributed by atoms with Crippen LogP contribution in [0.2, 0.25) is 38.8 Å². The van der Waals surface area contributed by atoms with Crippen LogP contribution in [0.1, 0.15) is 20.3 Å². The van der Waals surface area contributed by atoms with Gasteiger partial charge in [0.2, 0.25) is 0 Å². The molecule has 0 saturated carbocycles. The Morgan fingerprint density at radius 1 is 1.22 bits per heavy atom. The molecule has 1 atom stereocenters. The summed E-state index contributed by atoms with van der Waals surface area (Å²) in [6.45, 7) is 18.3. The van der Waals surface area contributed by atoms with Crippen LogP contribution in [0.3, 0.4) is 0 Å². The maximum atomic E-state index is 11.4. The van der Waals surface area contributed by atoms with Crippen LogP contribution >= 0.6 is 0 Å². The summed E-state index contributed by atoms with van der Waals surface area (Å²) in [7, 11) is -3.11. The first-order valence-electron chi connectivity index (χ1n) is 6.49. The van der Waals surface area contributed by atoms with Gasteiger partial charge in [-0.25, -0.2) is 4.79 Å². The summed E-state index contributed by atoms with van der Waals surface area (Å²) in [4.78, 5) is 11.4. The van der Waals surface area contributed by atoms with Crippen molar-refractivity contribution in [1.82, 2.24) is 0 Å². The molecule has 18 heavy (non-hydrogen) atoms. The van der Waals surface area contributed by atoms with Crippen LogP contribution in [0.5, 0.6) is 0 Å². The minimum Gasteiger partial charge on any atom is -0.459 e. The lowest BCUT2D eigenvalue weighted by molar-refractivity contribution is -0.143. The van der Waals surface area contributed by atoms with Crippen LogP contribution in [0.25, 0.3) is 0 Å². The molecule has 0 aliphatic carbocycles. The molecule has 0 amide bonds. The number of carbonyl (C=O) groups excluding carboxylic acids is 1. The molecule has 1 unspecified atom stereocenters. The van der Waals surface area contributed by atoms with Crippen molar-refractivity contribution in [3.63, 3.8) is 0 Å². The van der Waals surface area contributed by atoms with Crippen LogP contribution < -0.4 is 0 Å². The average Bonchev–Trinajstić information content (AvgIpc) is 2.11. The molecule has 3 nitrogen and oxygen atoms in total. The van der Waals surface area contributed by atoms with Crippen molar-refractivity contribution in [3.05, 3.63) is 12.2 Å². The molecule has 0 aromatic heterocycles. The van der Waals surface area contributed by atoms with E-state index in [1.54, 1.807) is 6.92 Å². The lowest BCUT2D eigenvalue weighted by Crippen LogP contribution is -2.42. The minimum atomic E-state index is -1.63. The van der Waals surface area contributed by atoms with Gasteiger partial charge in [0, 0.05) is 5.57 Å². The normalized spacial score (nSPS) is 14.2. The Labute approximate surface area is 114 Å². The van der Waals surface area contributed by atoms with E-state index in [1.165, 1.54) is 0 Å². The molecule has 0 radical (unpaired) electrons. The SMILES string of the molecule is C=C(C)C(=O)OC(C)CC[Si](C)(C)O[Si](C)(C)C. The van der Waals surface area contributed by atoms with Crippen LogP contribution in [-0.4, -0.2) is 28.7 Å². The van der Waals surface area contributed by atoms with Gasteiger partial charge in [-0.1, -0.05) is 6.58 Å². The first-order valence-corrected chi connectivity index (χ1v) is 13.0. The Kier molecular flexibility index (Phi) is 6.53. The Morgan fingerprint density at radius 2 is 1.72 bits per heavy atom. The molecule has 0 saturated heterocycles. The van der Waals surface area contributed by atoms with Gasteiger partial charge in [0.25, 0.3) is 0 Å². The van der Waals surface area contributed by atoms with Gasteiger partial charge in [-0.2, -0.15) is 0 Å². The highest BCUT2D eigenvalue weighted by Gasteiger charge is 2.30. The van der Waals surface area contributed by atoms with Crippen molar-refractivity contribution < 1.29 is 13.6 Å². The van der Waals surface area contributed by atoms with Crippen molar-refractivity contribution in [2.24, 2.45) is 0 Å². The number of carbonyl (C=O) groups is 1. The zero-order valence-corrected chi connectivity index (χ0v) is 14.9. The van der Waals surface area contributed by atoms with Gasteiger partial charge >= 0.3 is 5.97 Å². The van der Waals surface area contributed by atoms with Crippen LogP contribution in [-0.2, 0) is 13.6 Å². The minimum absolute atomic E-state index is 0.0637. The van der Waals surface area contributed by atoms with E-state index < -0.39 is 16.6 Å². The van der Waals surface area contributed by atoms with Crippen LogP contribution in [0, 0.1) is 0 Å². The third kappa shape index (κ3) is 8.66. The topological polar surface area (TPSA) is 35.5 Å². The van der Waals surface area contributed by atoms with Crippen molar-refractivity contribution in [2.75, 3.05) is 0 Å². The number of hydrogen-bond donors (Lipinski definition) is 0. The average molecular weight is 289 g/mol. The van der Waals surface area contributed by atoms with Crippen molar-refractivity contribution >= 4 is 22.6 Å². The molecule has 0 aromatic carbocycles. The number of esters is 1. The molecule has 0 aliphatic rings. The Hall–Kier alpha value is -0.396. The van der Waals surface area contributed by atoms with Crippen molar-refractivity contribution in [2.45, 2.75) is 65.2 Å². The van der Waals surface area contributed by atoms with E-state index in [1.807, 2.05) is 6.92 Å². The van der Waals surface area contributed by atoms with Crippen LogP contribution in [0.4, 0.5) is 0 Å². The summed E-state index contributed by atoms with van der Waals surface area (Å²) in [5.74, 6) is -0.298. The van der Waals surface area contributed by atoms with Gasteiger partial charge in [-0.05, 0) is 59.0 Å². The number of ether oxygens (including phenoxy) is 1. The third-order valence-corrected chi connectivity index (χ3v) is 8.54. The van der Waals surface area contributed by atoms with Gasteiger partial charge in [-0.3, -0.25) is 0 Å². The highest BCUT2D eigenvalue weighted by Crippen LogP contribution is 2.21. The Morgan fingerprint density at radius 3 is 2.11 bits per heavy atom. The molecule has 0 bridgehead atoms. The molecule has 0 heterocycles. The third-order valence-electron chi connectivity index (χ3n) is 2.39. The smallest absolute Gasteiger partial charge is 0.333 e. The molecule has 5 heteroatoms. The fourth-order valence-corrected chi connectivity index (χ4v) is 9.91. The maximum absolute atomic E-state index is 11.4. The monoisotopic (exact) mass is 288 g/mol. The summed E-state index contributed by atoms with van der Waals surface area (Å²) >= 11 is 0. The summed E-state index contributed by atoms with van der Waals surface area (Å²) in [6, 6.07) is 1.02. The molecule has 0 fully saturated rings. The van der Waals surface area contributed by atoms with E-state index in [2.05, 4.69) is 39.3 Å². The first-order chi connectivity index (χ1) is 7.93. The van der Waals surface area contributed by atoms with Crippen LogP contribution in [0.15, 0.2) is 12.2 Å². The van der Waals surface area contributed by atoms with E-state index >= 15 is 0 Å². The van der Waals surface area contributed by atoms with Crippen molar-refractivity contribution in [1.29, 1.82) is 0 Å². The Balaban J connectivity index is 4.15. The lowest BCUT2D eigenvalue weighted by atomic mass is 10.3. The number of hydrogen-bond acceptors (Lipinski definition) is 3. The molecule has 106 valence electrons. The standard InChI is InChI=1S/C13H28O3Si2/c1-11(2)13(14)15-12(3)9-10-18(7,8)16-17(4,5)6/h12H,1,9-10H2,2-8H3. The predicted octanol–water partition coefficient (Wildman–Crippen LogP) is 3.94. The first kappa shape index (κ1) is 17.6. The zero-order valence-electron chi connectivity index (χ0n) is 12.9. The Bertz CT molecular complexity index is 306. The van der Waals surface area contributed by atoms with E-state index in [-0.39, 0.29) is 12.1 Å². The summed E-state index contributed by atoms with van der Waals surface area (Å²) in [5.41, 5.74) is 0.455. The van der Waals surface area contributed by atoms with E-state index in [0.29, 0.717) is 5.57 Å². The molecular weight excluding hydrogens is 260 g/mol. The van der Waals surface area contributed by atoms with E-state index in [9.17, 15) is 4.79 Å². The summed E-state index contributed by atoms with van der Waals surface area (Å²) < 4.78 is 11.5. The highest BCUT2D eigenvalue weighted by atomic mass is 28.4. The maximum Gasteiger partial charge on any atom is 0.333 e. The van der Waals surface area contributed by atoms with Gasteiger partial charge in [0.15, 0.2) is 16.6 Å². The summed E-state index contributed by atoms with van der Waals surface area (Å²) in [5, 5.41) is 0. The molecular formula is C13H28O3Si2. The van der Waals surface area contributed by atoms with Gasteiger partial charge < -0.3 is 8.85 Å². The second-order valence-corrected chi connectivity index (χ2v) is 15.6. The largest absolute Gasteiger partial charge is 0.459 e. The molecule has 0 N–H and O–H groups in total. The fourth-order valence-electron chi connectivity index (χ4n) is 1.77. The predicted molar refractivity (Wildman–Crippen MR) is 81.7 cm³/mol. The van der Waals surface area contributed by atoms with E-state index in [0.717, 1.165) is 12.5 Å². The second kappa shape index (κ2) is 6.68. The van der Waals surface area contributed by atoms with Crippen molar-refractivity contribution in [3.8, 4) is 0 Å². The molecule has 0 rings (SSSR count). The van der Waals surface area contributed by atoms with Gasteiger partial charge in [0.1, 0.15) is 0 Å². The molecule has 0 aliphatic heterocycles. The van der Waals surface area contributed by atoms with Gasteiger partial charge in [0.05, 0.1) is 6.10 Å². The lowest BCUT2D eigenvalue weighted by Gasteiger charge is -2.32. The molecule has 0 spiro atoms. The van der Waals surface area contributed by atoms with Gasteiger partial charge in [-0.15, -0.1) is 0 Å². The summed E-state index contributed by atoms with van der Waals surface area (Å²) in [6.07, 6.45) is 0.800. The zero-order chi connectivity index (χ0) is 14.6. The molecule has 0 aromatic rings. The number of rotatable bonds is 7. The quantitative estimate of drug-likeness (QED) is 0.404. The second-order valence-electron chi connectivity index (χ2n) is 6.51. The van der Waals surface area contributed by atoms with E-state index in [4.69, 9.17) is 8.85 Å². The highest BCUT2D eigenvalue weighted by molar-refractivity contribution is 6.84.